The second-order valence-electron chi connectivity index (χ2n) is 13.9. The Balaban J connectivity index is 1.21. The Morgan fingerprint density at radius 2 is 1.46 bits per heavy atom. The summed E-state index contributed by atoms with van der Waals surface area (Å²) in [5.41, 5.74) is 4.35. The third kappa shape index (κ3) is 11.2. The van der Waals surface area contributed by atoms with Crippen LogP contribution in [-0.2, 0) is 23.9 Å². The lowest BCUT2D eigenvalue weighted by molar-refractivity contribution is -0.121. The molecule has 0 radical (unpaired) electrons. The predicted octanol–water partition coefficient (Wildman–Crippen LogP) is 5.38. The molecule has 0 bridgehead atoms. The van der Waals surface area contributed by atoms with Gasteiger partial charge in [-0.05, 0) is 91.1 Å². The van der Waals surface area contributed by atoms with Gasteiger partial charge in [0.05, 0.1) is 6.10 Å². The highest BCUT2D eigenvalue weighted by Gasteiger charge is 2.37. The molecule has 0 saturated carbocycles. The molecule has 3 unspecified atom stereocenters. The van der Waals surface area contributed by atoms with Crippen LogP contribution in [0.25, 0.3) is 11.1 Å². The fourth-order valence-corrected chi connectivity index (χ4v) is 6.33. The molecule has 2 aliphatic rings. The molecule has 3 aromatic rings. The quantitative estimate of drug-likeness (QED) is 0.0379. The zero-order valence-corrected chi connectivity index (χ0v) is 30.7. The van der Waals surface area contributed by atoms with Crippen LogP contribution in [0.1, 0.15) is 88.7 Å². The van der Waals surface area contributed by atoms with Crippen LogP contribution in [-0.4, -0.2) is 70.8 Å². The van der Waals surface area contributed by atoms with Crippen molar-refractivity contribution in [1.29, 1.82) is 0 Å². The molecule has 3 amide bonds. The topological polar surface area (TPSA) is 193 Å². The Kier molecular flexibility index (Phi) is 14.0. The lowest BCUT2D eigenvalue weighted by Gasteiger charge is -2.16. The van der Waals surface area contributed by atoms with Crippen molar-refractivity contribution in [3.63, 3.8) is 0 Å². The summed E-state index contributed by atoms with van der Waals surface area (Å²) in [5.74, 6) is 1.12. The zero-order chi connectivity index (χ0) is 38.6. The Hall–Kier alpha value is -5.52. The lowest BCUT2D eigenvalue weighted by atomic mass is 9.97. The molecule has 2 heterocycles. The van der Waals surface area contributed by atoms with Gasteiger partial charge in [-0.1, -0.05) is 26.0 Å². The van der Waals surface area contributed by atoms with Gasteiger partial charge >= 0.3 is 6.16 Å². The van der Waals surface area contributed by atoms with E-state index in [1.54, 1.807) is 6.07 Å². The normalized spacial score (nSPS) is 16.5. The molecule has 14 heteroatoms. The summed E-state index contributed by atoms with van der Waals surface area (Å²) in [6.07, 6.45) is 9.23. The maximum Gasteiger partial charge on any atom is 0.534 e. The maximum absolute atomic E-state index is 12.9. The molecular weight excluding hydrogens is 694 g/mol. The van der Waals surface area contributed by atoms with E-state index in [4.69, 9.17) is 20.7 Å². The second-order valence-corrected chi connectivity index (χ2v) is 13.9. The fraction of sp³-hybridized carbons (Fsp3) is 0.450. The van der Waals surface area contributed by atoms with Crippen molar-refractivity contribution in [2.45, 2.75) is 89.9 Å². The van der Waals surface area contributed by atoms with Gasteiger partial charge in [0, 0.05) is 61.7 Å². The number of carbonyl (C=O) groups excluding carboxylic acids is 4. The molecule has 3 atom stereocenters. The molecule has 1 aliphatic carbocycles. The number of nitrogens with one attached hydrogen (secondary N) is 4. The molecule has 6 N–H and O–H groups in total. The van der Waals surface area contributed by atoms with Gasteiger partial charge in [-0.15, -0.1) is 17.1 Å². The fourth-order valence-electron chi connectivity index (χ4n) is 6.33. The van der Waals surface area contributed by atoms with Crippen LogP contribution in [0.5, 0.6) is 11.8 Å². The number of carbonyl (C=O) groups is 4. The molecule has 14 nitrogen and oxygen atoms in total. The average Bonchev–Trinajstić information content (AvgIpc) is 3.71. The summed E-state index contributed by atoms with van der Waals surface area (Å²) >= 11 is 0. The van der Waals surface area contributed by atoms with Crippen LogP contribution >= 0.6 is 0 Å². The summed E-state index contributed by atoms with van der Waals surface area (Å²) in [6.45, 7) is 5.38. The highest BCUT2D eigenvalue weighted by molar-refractivity contribution is 5.94. The minimum absolute atomic E-state index is 0.00611. The number of anilines is 2. The molecule has 2 aromatic carbocycles. The van der Waals surface area contributed by atoms with E-state index >= 15 is 0 Å². The molecule has 0 spiro atoms. The molecule has 1 saturated heterocycles. The number of ether oxygens (including phenoxy) is 2. The lowest BCUT2D eigenvalue weighted by Crippen LogP contribution is -2.25. The number of amides is 3. The molecule has 54 heavy (non-hydrogen) atoms. The van der Waals surface area contributed by atoms with Crippen LogP contribution in [0.4, 0.5) is 16.2 Å². The van der Waals surface area contributed by atoms with E-state index in [1.807, 2.05) is 30.3 Å². The SMILES string of the molecule is C#CCCCNC1OC1CCCC(=O)Nc1ccc2c(c1)C(COC(=O)On1c(O)ccc1O)c1cc(NC(=O)CCCC(=O)NCCC(C)C)ccc1-2. The molecule has 5 rings (SSSR count). The number of fused-ring (bicyclic) bond motifs is 3. The number of nitrogens with zero attached hydrogens (tertiary/aromatic N) is 1. The largest absolute Gasteiger partial charge is 0.534 e. The maximum atomic E-state index is 12.9. The third-order valence-electron chi connectivity index (χ3n) is 9.21. The summed E-state index contributed by atoms with van der Waals surface area (Å²) in [6, 6.07) is 13.3. The monoisotopic (exact) mass is 743 g/mol. The standard InChI is InChI=1S/C40H49N5O9/c1-4-5-6-20-42-39-33(53-39)9-7-11-35(47)43-26-13-15-28-29-16-14-27(44-36(48)12-8-10-34(46)41-21-19-25(2)3)23-31(29)32(30(28)22-26)24-52-40(51)54-45-37(49)17-18-38(45)50/h1,13-18,22-23,25,32-33,39,42,49-50H,5-12,19-21,24H2,2-3H3,(H,41,46)(H,43,47)(H,44,48). The molecule has 288 valence electrons. The van der Waals surface area contributed by atoms with Crippen LogP contribution in [0.3, 0.4) is 0 Å². The second kappa shape index (κ2) is 19.0. The summed E-state index contributed by atoms with van der Waals surface area (Å²) in [4.78, 5) is 55.5. The van der Waals surface area contributed by atoms with E-state index in [0.717, 1.165) is 60.2 Å². The van der Waals surface area contributed by atoms with Crippen molar-refractivity contribution in [3.05, 3.63) is 59.7 Å². The smallest absolute Gasteiger partial charge is 0.492 e. The minimum atomic E-state index is -1.17. The van der Waals surface area contributed by atoms with Crippen molar-refractivity contribution < 1.29 is 43.7 Å². The van der Waals surface area contributed by atoms with Gasteiger partial charge < -0.3 is 35.6 Å². The average molecular weight is 744 g/mol. The Morgan fingerprint density at radius 1 is 0.852 bits per heavy atom. The Morgan fingerprint density at radius 3 is 2.07 bits per heavy atom. The van der Waals surface area contributed by atoms with E-state index < -0.39 is 23.8 Å². The van der Waals surface area contributed by atoms with Gasteiger partial charge in [0.25, 0.3) is 0 Å². The van der Waals surface area contributed by atoms with Crippen molar-refractivity contribution >= 4 is 35.3 Å². The van der Waals surface area contributed by atoms with E-state index in [-0.39, 0.29) is 49.5 Å². The van der Waals surface area contributed by atoms with Gasteiger partial charge in [-0.25, -0.2) is 4.79 Å². The summed E-state index contributed by atoms with van der Waals surface area (Å²) < 4.78 is 11.6. The van der Waals surface area contributed by atoms with Crippen LogP contribution in [0, 0.1) is 18.3 Å². The van der Waals surface area contributed by atoms with Crippen LogP contribution in [0.15, 0.2) is 48.5 Å². The number of benzene rings is 2. The first-order chi connectivity index (χ1) is 26.0. The number of hydrogen-bond donors (Lipinski definition) is 6. The number of terminal acetylenes is 1. The number of aromatic hydroxyl groups is 2. The Bertz CT molecular complexity index is 1830. The highest BCUT2D eigenvalue weighted by atomic mass is 16.8. The van der Waals surface area contributed by atoms with E-state index in [9.17, 15) is 29.4 Å². The number of aromatic nitrogens is 1. The van der Waals surface area contributed by atoms with Gasteiger partial charge in [-0.3, -0.25) is 24.5 Å². The number of rotatable bonds is 20. The van der Waals surface area contributed by atoms with Crippen LogP contribution < -0.4 is 26.1 Å². The number of hydrogen-bond acceptors (Lipinski definition) is 10. The zero-order valence-electron chi connectivity index (χ0n) is 30.7. The minimum Gasteiger partial charge on any atom is -0.492 e. The van der Waals surface area contributed by atoms with Crippen molar-refractivity contribution in [1.82, 2.24) is 15.4 Å². The van der Waals surface area contributed by atoms with E-state index in [0.29, 0.717) is 54.3 Å². The molecule has 1 fully saturated rings. The van der Waals surface area contributed by atoms with Crippen LogP contribution in [0.2, 0.25) is 0 Å². The van der Waals surface area contributed by atoms with Gasteiger partial charge in [0.2, 0.25) is 29.5 Å². The molecule has 1 aliphatic heterocycles. The first kappa shape index (κ1) is 39.7. The van der Waals surface area contributed by atoms with E-state index in [2.05, 4.69) is 41.0 Å². The van der Waals surface area contributed by atoms with Crippen molar-refractivity contribution in [2.24, 2.45) is 5.92 Å². The molecule has 1 aromatic heterocycles. The van der Waals surface area contributed by atoms with Crippen molar-refractivity contribution in [2.75, 3.05) is 30.3 Å². The number of epoxide rings is 1. The van der Waals surface area contributed by atoms with Gasteiger partial charge in [-0.2, -0.15) is 0 Å². The van der Waals surface area contributed by atoms with E-state index in [1.165, 1.54) is 0 Å². The van der Waals surface area contributed by atoms with Crippen molar-refractivity contribution in [3.8, 4) is 35.2 Å². The summed E-state index contributed by atoms with van der Waals surface area (Å²) in [5, 5.41) is 31.8. The van der Waals surface area contributed by atoms with Gasteiger partial charge in [0.1, 0.15) is 12.8 Å². The highest BCUT2D eigenvalue weighted by Crippen LogP contribution is 2.47. The number of unbranched alkanes of at least 4 members (excludes halogenated alkanes) is 1. The first-order valence-electron chi connectivity index (χ1n) is 18.4. The summed E-state index contributed by atoms with van der Waals surface area (Å²) in [7, 11) is 0. The molecular formula is C40H49N5O9. The predicted molar refractivity (Wildman–Crippen MR) is 202 cm³/mol. The first-order valence-corrected chi connectivity index (χ1v) is 18.4. The third-order valence-corrected chi connectivity index (χ3v) is 9.21. The Labute approximate surface area is 314 Å². The van der Waals surface area contributed by atoms with Gasteiger partial charge in [0.15, 0.2) is 0 Å².